The molecule has 0 unspecified atom stereocenters. The van der Waals surface area contributed by atoms with Gasteiger partial charge in [0.25, 0.3) is 0 Å². The molecule has 2 aromatic carbocycles. The van der Waals surface area contributed by atoms with E-state index < -0.39 is 17.3 Å². The summed E-state index contributed by atoms with van der Waals surface area (Å²) in [5.41, 5.74) is 1.83. The van der Waals surface area contributed by atoms with Crippen LogP contribution in [0.4, 0.5) is 11.4 Å². The van der Waals surface area contributed by atoms with E-state index in [0.29, 0.717) is 10.8 Å². The standard InChI is InChI=1S/C20H15N5O4S/c1-11-17(23-22-13-7-8-14(19(28)29)16(26)9-13)18(27)25(24-11)20-21-15(10-30-20)12-5-3-2-4-6-12/h2-10,24,26H,1H3,(H,28,29). The smallest absolute Gasteiger partial charge is 0.339 e. The Hall–Kier alpha value is -4.05. The van der Waals surface area contributed by atoms with Gasteiger partial charge in [-0.25, -0.2) is 9.78 Å². The van der Waals surface area contributed by atoms with Gasteiger partial charge in [0, 0.05) is 17.0 Å². The van der Waals surface area contributed by atoms with Gasteiger partial charge in [0.05, 0.1) is 17.1 Å². The number of aromatic amines is 1. The van der Waals surface area contributed by atoms with Crippen LogP contribution in [0, 0.1) is 6.92 Å². The summed E-state index contributed by atoms with van der Waals surface area (Å²) in [6.45, 7) is 1.68. The molecule has 150 valence electrons. The molecule has 4 aromatic rings. The van der Waals surface area contributed by atoms with Crippen molar-refractivity contribution in [3.63, 3.8) is 0 Å². The molecule has 0 aliphatic carbocycles. The monoisotopic (exact) mass is 421 g/mol. The summed E-state index contributed by atoms with van der Waals surface area (Å²) in [6, 6.07) is 13.4. The van der Waals surface area contributed by atoms with Crippen molar-refractivity contribution in [2.75, 3.05) is 0 Å². The Kier molecular flexibility index (Phi) is 4.98. The predicted molar refractivity (Wildman–Crippen MR) is 111 cm³/mol. The Morgan fingerprint density at radius 2 is 1.93 bits per heavy atom. The quantitative estimate of drug-likeness (QED) is 0.410. The molecular weight excluding hydrogens is 406 g/mol. The normalized spacial score (nSPS) is 11.2. The number of nitrogens with zero attached hydrogens (tertiary/aromatic N) is 4. The average Bonchev–Trinajstić information content (AvgIpc) is 3.32. The molecule has 9 nitrogen and oxygen atoms in total. The second-order valence-electron chi connectivity index (χ2n) is 6.31. The molecule has 0 radical (unpaired) electrons. The van der Waals surface area contributed by atoms with Crippen molar-refractivity contribution < 1.29 is 15.0 Å². The molecule has 0 saturated carbocycles. The van der Waals surface area contributed by atoms with Gasteiger partial charge < -0.3 is 10.2 Å². The molecule has 0 aliphatic rings. The highest BCUT2D eigenvalue weighted by atomic mass is 32.1. The number of hydrogen-bond donors (Lipinski definition) is 3. The van der Waals surface area contributed by atoms with Crippen LogP contribution in [-0.2, 0) is 0 Å². The molecule has 0 saturated heterocycles. The fourth-order valence-electron chi connectivity index (χ4n) is 2.77. The maximum absolute atomic E-state index is 12.8. The zero-order chi connectivity index (χ0) is 21.3. The third kappa shape index (κ3) is 3.63. The number of azo groups is 1. The number of thiazole rings is 1. The van der Waals surface area contributed by atoms with E-state index >= 15 is 0 Å². The zero-order valence-electron chi connectivity index (χ0n) is 15.6. The molecule has 2 aromatic heterocycles. The van der Waals surface area contributed by atoms with E-state index in [9.17, 15) is 14.7 Å². The van der Waals surface area contributed by atoms with Crippen molar-refractivity contribution in [1.29, 1.82) is 0 Å². The largest absolute Gasteiger partial charge is 0.507 e. The van der Waals surface area contributed by atoms with Gasteiger partial charge in [-0.2, -0.15) is 9.80 Å². The van der Waals surface area contributed by atoms with Gasteiger partial charge in [0.2, 0.25) is 5.13 Å². The highest BCUT2D eigenvalue weighted by Crippen LogP contribution is 2.27. The van der Waals surface area contributed by atoms with E-state index in [1.807, 2.05) is 35.7 Å². The first kappa shape index (κ1) is 19.3. The van der Waals surface area contributed by atoms with E-state index in [0.717, 1.165) is 11.3 Å². The molecule has 0 amide bonds. The number of aromatic nitrogens is 3. The minimum atomic E-state index is -1.25. The lowest BCUT2D eigenvalue weighted by molar-refractivity contribution is 0.0694. The Balaban J connectivity index is 1.64. The molecule has 0 fully saturated rings. The van der Waals surface area contributed by atoms with Gasteiger partial charge in [-0.05, 0) is 19.1 Å². The zero-order valence-corrected chi connectivity index (χ0v) is 16.4. The Morgan fingerprint density at radius 3 is 2.63 bits per heavy atom. The van der Waals surface area contributed by atoms with Gasteiger partial charge in [0.1, 0.15) is 11.3 Å². The molecule has 3 N–H and O–H groups in total. The summed E-state index contributed by atoms with van der Waals surface area (Å²) in [5.74, 6) is -1.68. The summed E-state index contributed by atoms with van der Waals surface area (Å²) in [5, 5.41) is 31.9. The molecule has 0 aliphatic heterocycles. The second kappa shape index (κ2) is 7.76. The van der Waals surface area contributed by atoms with Gasteiger partial charge >= 0.3 is 11.5 Å². The third-order valence-corrected chi connectivity index (χ3v) is 5.10. The lowest BCUT2D eigenvalue weighted by Crippen LogP contribution is -2.13. The minimum Gasteiger partial charge on any atom is -0.507 e. The van der Waals surface area contributed by atoms with E-state index in [1.54, 1.807) is 6.92 Å². The molecule has 0 spiro atoms. The number of nitrogens with one attached hydrogen (secondary N) is 1. The van der Waals surface area contributed by atoms with Gasteiger partial charge in [0.15, 0.2) is 5.69 Å². The van der Waals surface area contributed by atoms with Crippen LogP contribution in [0.15, 0.2) is 68.9 Å². The van der Waals surface area contributed by atoms with Crippen LogP contribution in [0.2, 0.25) is 0 Å². The molecule has 4 rings (SSSR count). The number of carbonyl (C=O) groups is 1. The topological polar surface area (TPSA) is 133 Å². The van der Waals surface area contributed by atoms with E-state index in [4.69, 9.17) is 5.11 Å². The fourth-order valence-corrected chi connectivity index (χ4v) is 3.56. The minimum absolute atomic E-state index is 0.0910. The van der Waals surface area contributed by atoms with Crippen LogP contribution < -0.4 is 5.56 Å². The molecule has 10 heteroatoms. The van der Waals surface area contributed by atoms with E-state index in [1.165, 1.54) is 34.2 Å². The number of aromatic hydroxyl groups is 1. The average molecular weight is 421 g/mol. The molecule has 0 bridgehead atoms. The predicted octanol–water partition coefficient (Wildman–Crippen LogP) is 4.42. The van der Waals surface area contributed by atoms with Crippen LogP contribution in [-0.4, -0.2) is 30.9 Å². The molecular formula is C20H15N5O4S. The van der Waals surface area contributed by atoms with Crippen molar-refractivity contribution in [3.05, 3.63) is 75.5 Å². The number of hydrogen-bond acceptors (Lipinski definition) is 7. The Bertz CT molecular complexity index is 1320. The maximum atomic E-state index is 12.8. The third-order valence-electron chi connectivity index (χ3n) is 4.27. The number of aryl methyl sites for hydroxylation is 1. The number of aromatic carboxylic acids is 1. The van der Waals surface area contributed by atoms with Crippen molar-refractivity contribution in [2.45, 2.75) is 6.92 Å². The first-order chi connectivity index (χ1) is 14.4. The lowest BCUT2D eigenvalue weighted by Gasteiger charge is -1.99. The SMILES string of the molecule is Cc1[nH]n(-c2nc(-c3ccccc3)cs2)c(=O)c1N=Nc1ccc(C(=O)O)c(O)c1. The van der Waals surface area contributed by atoms with Crippen LogP contribution >= 0.6 is 11.3 Å². The summed E-state index contributed by atoms with van der Waals surface area (Å²) in [4.78, 5) is 28.3. The second-order valence-corrected chi connectivity index (χ2v) is 7.15. The number of H-pyrrole nitrogens is 1. The lowest BCUT2D eigenvalue weighted by atomic mass is 10.2. The first-order valence-electron chi connectivity index (χ1n) is 8.75. The summed E-state index contributed by atoms with van der Waals surface area (Å²) >= 11 is 1.31. The molecule has 2 heterocycles. The van der Waals surface area contributed by atoms with Gasteiger partial charge in [-0.3, -0.25) is 9.89 Å². The van der Waals surface area contributed by atoms with Crippen molar-refractivity contribution in [2.24, 2.45) is 10.2 Å². The van der Waals surface area contributed by atoms with Crippen LogP contribution in [0.3, 0.4) is 0 Å². The molecule has 30 heavy (non-hydrogen) atoms. The van der Waals surface area contributed by atoms with E-state index in [-0.39, 0.29) is 16.9 Å². The number of rotatable bonds is 5. The number of phenols is 1. The van der Waals surface area contributed by atoms with Crippen LogP contribution in [0.25, 0.3) is 16.4 Å². The van der Waals surface area contributed by atoms with E-state index in [2.05, 4.69) is 20.3 Å². The summed E-state index contributed by atoms with van der Waals surface area (Å²) < 4.78 is 1.30. The first-order valence-corrected chi connectivity index (χ1v) is 9.63. The fraction of sp³-hybridized carbons (Fsp3) is 0.0500. The van der Waals surface area contributed by atoms with Crippen LogP contribution in [0.1, 0.15) is 16.1 Å². The van der Waals surface area contributed by atoms with Gasteiger partial charge in [-0.15, -0.1) is 16.5 Å². The molecule has 0 atom stereocenters. The van der Waals surface area contributed by atoms with Crippen molar-refractivity contribution in [3.8, 4) is 22.1 Å². The Morgan fingerprint density at radius 1 is 1.17 bits per heavy atom. The number of carboxylic acid groups (broad SMARTS) is 1. The maximum Gasteiger partial charge on any atom is 0.339 e. The number of carboxylic acids is 1. The summed E-state index contributed by atoms with van der Waals surface area (Å²) in [6.07, 6.45) is 0. The van der Waals surface area contributed by atoms with Crippen molar-refractivity contribution in [1.82, 2.24) is 14.8 Å². The van der Waals surface area contributed by atoms with Crippen molar-refractivity contribution >= 4 is 28.7 Å². The van der Waals surface area contributed by atoms with Gasteiger partial charge in [-0.1, -0.05) is 30.3 Å². The highest BCUT2D eigenvalue weighted by molar-refractivity contribution is 7.12. The summed E-state index contributed by atoms with van der Waals surface area (Å²) in [7, 11) is 0. The van der Waals surface area contributed by atoms with Crippen LogP contribution in [0.5, 0.6) is 5.75 Å². The Labute approximate surface area is 173 Å². The highest BCUT2D eigenvalue weighted by Gasteiger charge is 2.16. The number of benzene rings is 2.